The molecule has 0 atom stereocenters. The van der Waals surface area contributed by atoms with Crippen LogP contribution in [0.25, 0.3) is 0 Å². The summed E-state index contributed by atoms with van der Waals surface area (Å²) in [6.07, 6.45) is 0.184. The van der Waals surface area contributed by atoms with Gasteiger partial charge < -0.3 is 10.6 Å². The van der Waals surface area contributed by atoms with Crippen LogP contribution in [0.2, 0.25) is 0 Å². The van der Waals surface area contributed by atoms with Crippen LogP contribution in [0, 0.1) is 0 Å². The molecular formula is C9H12F4N2O. The van der Waals surface area contributed by atoms with Crippen LogP contribution in [0.5, 0.6) is 0 Å². The van der Waals surface area contributed by atoms with Gasteiger partial charge in [0.2, 0.25) is 0 Å². The first-order valence-corrected chi connectivity index (χ1v) is 4.27. The fourth-order valence-electron chi connectivity index (χ4n) is 0.606. The first kappa shape index (κ1) is 14.6. The van der Waals surface area contributed by atoms with E-state index in [1.54, 1.807) is 0 Å². The molecule has 0 amide bonds. The van der Waals surface area contributed by atoms with Crippen molar-refractivity contribution in [3.63, 3.8) is 0 Å². The van der Waals surface area contributed by atoms with Gasteiger partial charge in [0, 0.05) is 6.54 Å². The van der Waals surface area contributed by atoms with Crippen molar-refractivity contribution in [3.05, 3.63) is 24.3 Å². The van der Waals surface area contributed by atoms with Crippen LogP contribution < -0.4 is 5.73 Å². The summed E-state index contributed by atoms with van der Waals surface area (Å²) in [5, 5.41) is 3.09. The lowest BCUT2D eigenvalue weighted by Crippen LogP contribution is -2.31. The Morgan fingerprint density at radius 2 is 2.12 bits per heavy atom. The molecule has 0 fully saturated rings. The zero-order chi connectivity index (χ0) is 12.6. The fourth-order valence-corrected chi connectivity index (χ4v) is 0.606. The van der Waals surface area contributed by atoms with Crippen molar-refractivity contribution in [2.24, 2.45) is 10.9 Å². The molecule has 92 valence electrons. The van der Waals surface area contributed by atoms with E-state index in [9.17, 15) is 17.6 Å². The molecule has 0 aromatic heterocycles. The Kier molecular flexibility index (Phi) is 6.40. The van der Waals surface area contributed by atoms with Gasteiger partial charge >= 0.3 is 12.3 Å². The molecule has 0 aliphatic heterocycles. The molecule has 3 nitrogen and oxygen atoms in total. The SMILES string of the molecule is C=C/C=C(\C=N/OCC(F)(F)C(F)F)CN. The summed E-state index contributed by atoms with van der Waals surface area (Å²) >= 11 is 0. The smallest absolute Gasteiger partial charge is 0.343 e. The van der Waals surface area contributed by atoms with E-state index in [0.717, 1.165) is 6.21 Å². The maximum atomic E-state index is 12.3. The molecule has 0 saturated carbocycles. The molecule has 16 heavy (non-hydrogen) atoms. The van der Waals surface area contributed by atoms with Crippen molar-refractivity contribution in [3.8, 4) is 0 Å². The van der Waals surface area contributed by atoms with Crippen LogP contribution >= 0.6 is 0 Å². The van der Waals surface area contributed by atoms with Crippen LogP contribution in [-0.4, -0.2) is 31.7 Å². The van der Waals surface area contributed by atoms with E-state index in [2.05, 4.69) is 16.6 Å². The van der Waals surface area contributed by atoms with Gasteiger partial charge in [0.25, 0.3) is 0 Å². The first-order chi connectivity index (χ1) is 7.44. The van der Waals surface area contributed by atoms with Gasteiger partial charge in [-0.3, -0.25) is 0 Å². The van der Waals surface area contributed by atoms with Crippen LogP contribution in [0.3, 0.4) is 0 Å². The van der Waals surface area contributed by atoms with E-state index < -0.39 is 19.0 Å². The monoisotopic (exact) mass is 240 g/mol. The second-order valence-corrected chi connectivity index (χ2v) is 2.75. The number of oxime groups is 1. The second-order valence-electron chi connectivity index (χ2n) is 2.75. The minimum Gasteiger partial charge on any atom is -0.389 e. The molecule has 0 spiro atoms. The number of rotatable bonds is 7. The largest absolute Gasteiger partial charge is 0.389 e. The Labute approximate surface area is 90.2 Å². The van der Waals surface area contributed by atoms with Gasteiger partial charge in [-0.2, -0.15) is 8.78 Å². The zero-order valence-corrected chi connectivity index (χ0v) is 8.38. The van der Waals surface area contributed by atoms with E-state index in [-0.39, 0.29) is 6.54 Å². The van der Waals surface area contributed by atoms with E-state index in [1.807, 2.05) is 0 Å². The van der Waals surface area contributed by atoms with Gasteiger partial charge in [-0.1, -0.05) is 23.9 Å². The molecule has 0 radical (unpaired) electrons. The lowest BCUT2D eigenvalue weighted by molar-refractivity contribution is -0.165. The van der Waals surface area contributed by atoms with Gasteiger partial charge in [-0.05, 0) is 5.57 Å². The number of alkyl halides is 4. The molecular weight excluding hydrogens is 228 g/mol. The first-order valence-electron chi connectivity index (χ1n) is 4.27. The number of allylic oxidation sites excluding steroid dienone is 2. The second kappa shape index (κ2) is 7.00. The quantitative estimate of drug-likeness (QED) is 0.320. The molecule has 0 aromatic rings. The summed E-state index contributed by atoms with van der Waals surface area (Å²) < 4.78 is 47.9. The Morgan fingerprint density at radius 1 is 1.50 bits per heavy atom. The molecule has 0 aliphatic rings. The molecule has 2 N–H and O–H groups in total. The third-order valence-electron chi connectivity index (χ3n) is 1.44. The molecule has 0 heterocycles. The summed E-state index contributed by atoms with van der Waals surface area (Å²) in [6, 6.07) is 0. The third-order valence-corrected chi connectivity index (χ3v) is 1.44. The number of nitrogens with two attached hydrogens (primary N) is 1. The summed E-state index contributed by atoms with van der Waals surface area (Å²) in [5.74, 6) is -4.21. The predicted molar refractivity (Wildman–Crippen MR) is 52.7 cm³/mol. The van der Waals surface area contributed by atoms with Crippen molar-refractivity contribution in [2.45, 2.75) is 12.3 Å². The highest BCUT2D eigenvalue weighted by Crippen LogP contribution is 2.22. The van der Waals surface area contributed by atoms with Crippen LogP contribution in [-0.2, 0) is 4.84 Å². The molecule has 0 aliphatic carbocycles. The van der Waals surface area contributed by atoms with E-state index >= 15 is 0 Å². The lowest BCUT2D eigenvalue weighted by Gasteiger charge is -2.12. The van der Waals surface area contributed by atoms with Crippen molar-refractivity contribution in [1.29, 1.82) is 0 Å². The van der Waals surface area contributed by atoms with Crippen molar-refractivity contribution in [1.82, 2.24) is 0 Å². The van der Waals surface area contributed by atoms with Crippen molar-refractivity contribution >= 4 is 6.21 Å². The highest BCUT2D eigenvalue weighted by atomic mass is 19.3. The Balaban J connectivity index is 4.11. The van der Waals surface area contributed by atoms with E-state index in [4.69, 9.17) is 5.73 Å². The number of hydrogen-bond donors (Lipinski definition) is 1. The molecule has 0 bridgehead atoms. The molecule has 0 aromatic carbocycles. The van der Waals surface area contributed by atoms with Crippen LogP contribution in [0.4, 0.5) is 17.6 Å². The lowest BCUT2D eigenvalue weighted by atomic mass is 10.3. The van der Waals surface area contributed by atoms with Gasteiger partial charge in [-0.25, -0.2) is 8.78 Å². The van der Waals surface area contributed by atoms with Crippen LogP contribution in [0.1, 0.15) is 0 Å². The normalized spacial score (nSPS) is 13.5. The number of hydrogen-bond acceptors (Lipinski definition) is 3. The Morgan fingerprint density at radius 3 is 2.56 bits per heavy atom. The van der Waals surface area contributed by atoms with Crippen molar-refractivity contribution < 1.29 is 22.4 Å². The minimum absolute atomic E-state index is 0.101. The van der Waals surface area contributed by atoms with E-state index in [0.29, 0.717) is 5.57 Å². The number of nitrogens with zero attached hydrogens (tertiary/aromatic N) is 1. The maximum Gasteiger partial charge on any atom is 0.343 e. The standard InChI is InChI=1S/C9H12F4N2O/c1-2-3-7(4-14)5-15-16-6-9(12,13)8(10)11/h2-3,5,8H,1,4,6,14H2/b7-3-,15-5-. The highest BCUT2D eigenvalue weighted by Gasteiger charge is 2.41. The summed E-state index contributed by atoms with van der Waals surface area (Å²) in [4.78, 5) is 4.05. The minimum atomic E-state index is -4.21. The summed E-state index contributed by atoms with van der Waals surface area (Å²) in [7, 11) is 0. The third kappa shape index (κ3) is 5.50. The van der Waals surface area contributed by atoms with Gasteiger partial charge in [-0.15, -0.1) is 0 Å². The van der Waals surface area contributed by atoms with Gasteiger partial charge in [0.15, 0.2) is 6.61 Å². The predicted octanol–water partition coefficient (Wildman–Crippen LogP) is 1.96. The van der Waals surface area contributed by atoms with Gasteiger partial charge in [0.1, 0.15) is 0 Å². The highest BCUT2D eigenvalue weighted by molar-refractivity contribution is 5.78. The summed E-state index contributed by atoms with van der Waals surface area (Å²) in [5.41, 5.74) is 5.71. The van der Waals surface area contributed by atoms with Gasteiger partial charge in [0.05, 0.1) is 6.21 Å². The maximum absolute atomic E-state index is 12.3. The summed E-state index contributed by atoms with van der Waals surface area (Å²) in [6.45, 7) is 2.01. The average Bonchev–Trinajstić information content (AvgIpc) is 2.22. The fraction of sp³-hybridized carbons (Fsp3) is 0.444. The Bertz CT molecular complexity index is 277. The van der Waals surface area contributed by atoms with Crippen LogP contribution in [0.15, 0.2) is 29.5 Å². The zero-order valence-electron chi connectivity index (χ0n) is 8.38. The average molecular weight is 240 g/mol. The molecule has 7 heteroatoms. The number of halogens is 4. The Hall–Kier alpha value is -1.37. The molecule has 0 rings (SSSR count). The molecule has 0 unspecified atom stereocenters. The van der Waals surface area contributed by atoms with E-state index in [1.165, 1.54) is 12.2 Å². The molecule has 0 saturated heterocycles. The topological polar surface area (TPSA) is 47.6 Å². The van der Waals surface area contributed by atoms with Crippen molar-refractivity contribution in [2.75, 3.05) is 13.2 Å².